The van der Waals surface area contributed by atoms with Gasteiger partial charge < -0.3 is 15.0 Å². The summed E-state index contributed by atoms with van der Waals surface area (Å²) in [7, 11) is 1.59. The van der Waals surface area contributed by atoms with Gasteiger partial charge in [-0.25, -0.2) is 4.98 Å². The number of benzene rings is 2. The maximum absolute atomic E-state index is 12.6. The molecule has 3 aromatic rings. The predicted octanol–water partition coefficient (Wildman–Crippen LogP) is 4.62. The molecular formula is C17H15F2N3O2S2. The Hall–Kier alpha value is -2.26. The van der Waals surface area contributed by atoms with Gasteiger partial charge in [0.15, 0.2) is 5.16 Å². The first-order chi connectivity index (χ1) is 12.5. The van der Waals surface area contributed by atoms with Crippen LogP contribution in [0.4, 0.5) is 14.5 Å². The van der Waals surface area contributed by atoms with Crippen LogP contribution in [0, 0.1) is 0 Å². The maximum atomic E-state index is 12.6. The molecule has 0 saturated carbocycles. The summed E-state index contributed by atoms with van der Waals surface area (Å²) in [5, 5.41) is 3.26. The average molecular weight is 395 g/mol. The van der Waals surface area contributed by atoms with Crippen molar-refractivity contribution in [1.29, 1.82) is 0 Å². The Balaban J connectivity index is 1.62. The van der Waals surface area contributed by atoms with E-state index in [1.807, 2.05) is 18.2 Å². The summed E-state index contributed by atoms with van der Waals surface area (Å²) in [6.45, 7) is 0. The van der Waals surface area contributed by atoms with Gasteiger partial charge in [0.25, 0.3) is 5.76 Å². The van der Waals surface area contributed by atoms with Crippen LogP contribution in [-0.4, -0.2) is 34.5 Å². The van der Waals surface area contributed by atoms with E-state index in [1.165, 1.54) is 11.8 Å². The zero-order valence-electron chi connectivity index (χ0n) is 13.7. The number of anilines is 1. The standard InChI is InChI=1S/C17H15F2N3O2S2/c1-24-10-6-7-11-13(8-10)22-17(21-11)25-9-15(23)20-12-4-2-3-5-14(12)26-16(18)19/h2-8,16H,9H2,1H3,(H,20,23)(H,21,22). The summed E-state index contributed by atoms with van der Waals surface area (Å²) >= 11 is 1.63. The fourth-order valence-electron chi connectivity index (χ4n) is 2.25. The van der Waals surface area contributed by atoms with Crippen LogP contribution in [0.25, 0.3) is 11.0 Å². The molecule has 0 saturated heterocycles. The number of fused-ring (bicyclic) bond motifs is 1. The maximum Gasteiger partial charge on any atom is 0.288 e. The lowest BCUT2D eigenvalue weighted by Gasteiger charge is -2.09. The first-order valence-corrected chi connectivity index (χ1v) is 9.42. The third-order valence-corrected chi connectivity index (χ3v) is 5.05. The molecule has 2 N–H and O–H groups in total. The van der Waals surface area contributed by atoms with Crippen molar-refractivity contribution < 1.29 is 18.3 Å². The molecule has 9 heteroatoms. The zero-order valence-corrected chi connectivity index (χ0v) is 15.3. The smallest absolute Gasteiger partial charge is 0.288 e. The highest BCUT2D eigenvalue weighted by Crippen LogP contribution is 2.32. The van der Waals surface area contributed by atoms with Gasteiger partial charge in [0.05, 0.1) is 29.6 Å². The molecule has 0 spiro atoms. The van der Waals surface area contributed by atoms with Gasteiger partial charge in [0.2, 0.25) is 5.91 Å². The minimum atomic E-state index is -2.55. The number of methoxy groups -OCH3 is 1. The van der Waals surface area contributed by atoms with Crippen LogP contribution in [0.3, 0.4) is 0 Å². The van der Waals surface area contributed by atoms with E-state index >= 15 is 0 Å². The number of halogens is 2. The number of nitrogens with zero attached hydrogens (tertiary/aromatic N) is 1. The lowest BCUT2D eigenvalue weighted by molar-refractivity contribution is -0.113. The number of thioether (sulfide) groups is 2. The molecule has 0 aliphatic heterocycles. The normalized spacial score (nSPS) is 11.1. The lowest BCUT2D eigenvalue weighted by Crippen LogP contribution is -2.14. The van der Waals surface area contributed by atoms with Gasteiger partial charge in [-0.1, -0.05) is 35.7 Å². The quantitative estimate of drug-likeness (QED) is 0.572. The van der Waals surface area contributed by atoms with Crippen molar-refractivity contribution in [2.45, 2.75) is 15.8 Å². The number of aromatic amines is 1. The molecule has 0 radical (unpaired) electrons. The Labute approximate surface area is 156 Å². The molecule has 26 heavy (non-hydrogen) atoms. The largest absolute Gasteiger partial charge is 0.497 e. The molecule has 1 amide bonds. The number of carbonyl (C=O) groups is 1. The number of carbonyl (C=O) groups excluding carboxylic acids is 1. The van der Waals surface area contributed by atoms with Crippen molar-refractivity contribution in [3.05, 3.63) is 42.5 Å². The second-order valence-electron chi connectivity index (χ2n) is 5.14. The second-order valence-corrected chi connectivity index (χ2v) is 7.13. The number of nitrogens with one attached hydrogen (secondary N) is 2. The summed E-state index contributed by atoms with van der Waals surface area (Å²) in [5.74, 6) is -2.03. The van der Waals surface area contributed by atoms with Crippen molar-refractivity contribution >= 4 is 46.2 Å². The van der Waals surface area contributed by atoms with E-state index in [0.29, 0.717) is 33.3 Å². The average Bonchev–Trinajstić information content (AvgIpc) is 3.03. The number of hydrogen-bond acceptors (Lipinski definition) is 5. The molecule has 0 aliphatic carbocycles. The van der Waals surface area contributed by atoms with E-state index in [1.54, 1.807) is 31.4 Å². The van der Waals surface area contributed by atoms with Gasteiger partial charge in [0, 0.05) is 11.0 Å². The SMILES string of the molecule is COc1ccc2nc(SCC(=O)Nc3ccccc3SC(F)F)[nH]c2c1. The predicted molar refractivity (Wildman–Crippen MR) is 100 cm³/mol. The van der Waals surface area contributed by atoms with E-state index < -0.39 is 5.76 Å². The Morgan fingerprint density at radius 1 is 1.31 bits per heavy atom. The molecule has 0 fully saturated rings. The Kier molecular flexibility index (Phi) is 6.00. The van der Waals surface area contributed by atoms with Gasteiger partial charge in [0.1, 0.15) is 5.75 Å². The molecular weight excluding hydrogens is 380 g/mol. The number of alkyl halides is 2. The number of H-pyrrole nitrogens is 1. The van der Waals surface area contributed by atoms with Gasteiger partial charge in [-0.05, 0) is 24.3 Å². The van der Waals surface area contributed by atoms with Gasteiger partial charge in [-0.2, -0.15) is 8.78 Å². The molecule has 0 aliphatic rings. The third kappa shape index (κ3) is 4.67. The first kappa shape index (κ1) is 18.5. The van der Waals surface area contributed by atoms with Gasteiger partial charge >= 0.3 is 0 Å². The zero-order chi connectivity index (χ0) is 18.5. The van der Waals surface area contributed by atoms with Crippen molar-refractivity contribution in [3.8, 4) is 5.75 Å². The number of rotatable bonds is 7. The van der Waals surface area contributed by atoms with E-state index in [2.05, 4.69) is 15.3 Å². The molecule has 0 atom stereocenters. The van der Waals surface area contributed by atoms with Crippen molar-refractivity contribution in [2.75, 3.05) is 18.2 Å². The minimum absolute atomic E-state index is 0.102. The molecule has 136 valence electrons. The van der Waals surface area contributed by atoms with Crippen LogP contribution in [0.5, 0.6) is 5.75 Å². The van der Waals surface area contributed by atoms with Gasteiger partial charge in [-0.3, -0.25) is 4.79 Å². The molecule has 1 heterocycles. The lowest BCUT2D eigenvalue weighted by atomic mass is 10.3. The Morgan fingerprint density at radius 3 is 2.88 bits per heavy atom. The van der Waals surface area contributed by atoms with Crippen molar-refractivity contribution in [1.82, 2.24) is 9.97 Å². The molecule has 3 rings (SSSR count). The third-order valence-electron chi connectivity index (χ3n) is 3.38. The summed E-state index contributed by atoms with van der Waals surface area (Å²) < 4.78 is 30.3. The van der Waals surface area contributed by atoms with Crippen LogP contribution in [0.2, 0.25) is 0 Å². The molecule has 5 nitrogen and oxygen atoms in total. The van der Waals surface area contributed by atoms with Gasteiger partial charge in [-0.15, -0.1) is 0 Å². The van der Waals surface area contributed by atoms with Crippen molar-refractivity contribution in [3.63, 3.8) is 0 Å². The monoisotopic (exact) mass is 395 g/mol. The topological polar surface area (TPSA) is 67.0 Å². The molecule has 1 aromatic heterocycles. The molecule has 0 unspecified atom stereocenters. The van der Waals surface area contributed by atoms with E-state index in [9.17, 15) is 13.6 Å². The second kappa shape index (κ2) is 8.41. The van der Waals surface area contributed by atoms with Crippen LogP contribution < -0.4 is 10.1 Å². The van der Waals surface area contributed by atoms with E-state index in [0.717, 1.165) is 11.0 Å². The number of aromatic nitrogens is 2. The summed E-state index contributed by atoms with van der Waals surface area (Å²) in [6, 6.07) is 11.9. The van der Waals surface area contributed by atoms with E-state index in [-0.39, 0.29) is 11.7 Å². The fourth-order valence-corrected chi connectivity index (χ4v) is 3.53. The summed E-state index contributed by atoms with van der Waals surface area (Å²) in [4.78, 5) is 20.0. The van der Waals surface area contributed by atoms with Crippen molar-refractivity contribution in [2.24, 2.45) is 0 Å². The number of hydrogen-bond donors (Lipinski definition) is 2. The summed E-state index contributed by atoms with van der Waals surface area (Å²) in [6.07, 6.45) is 0. The van der Waals surface area contributed by atoms with Crippen LogP contribution in [0.1, 0.15) is 0 Å². The highest BCUT2D eigenvalue weighted by Gasteiger charge is 2.13. The highest BCUT2D eigenvalue weighted by molar-refractivity contribution is 8.00. The highest BCUT2D eigenvalue weighted by atomic mass is 32.2. The van der Waals surface area contributed by atoms with Crippen LogP contribution in [-0.2, 0) is 4.79 Å². The number of para-hydroxylation sites is 1. The van der Waals surface area contributed by atoms with Crippen LogP contribution >= 0.6 is 23.5 Å². The van der Waals surface area contributed by atoms with Crippen LogP contribution in [0.15, 0.2) is 52.5 Å². The minimum Gasteiger partial charge on any atom is -0.497 e. The van der Waals surface area contributed by atoms with E-state index in [4.69, 9.17) is 4.74 Å². The Bertz CT molecular complexity index is 918. The number of amides is 1. The molecule has 2 aromatic carbocycles. The number of ether oxygens (including phenoxy) is 1. The Morgan fingerprint density at radius 2 is 2.12 bits per heavy atom. The summed E-state index contributed by atoms with van der Waals surface area (Å²) in [5.41, 5.74) is 1.95. The first-order valence-electron chi connectivity index (χ1n) is 7.55. The molecule has 0 bridgehead atoms. The number of imidazole rings is 1. The fraction of sp³-hybridized carbons (Fsp3) is 0.176.